The first kappa shape index (κ1) is 13.0. The summed E-state index contributed by atoms with van der Waals surface area (Å²) in [6, 6.07) is 12.2. The minimum atomic E-state index is 0.297. The molecule has 100 valence electrons. The first-order chi connectivity index (χ1) is 9.83. The lowest BCUT2D eigenvalue weighted by molar-refractivity contribution is -0.118. The van der Waals surface area contributed by atoms with Crippen molar-refractivity contribution in [2.24, 2.45) is 0 Å². The van der Waals surface area contributed by atoms with Crippen LogP contribution in [0.4, 0.5) is 0 Å². The first-order valence-electron chi connectivity index (χ1n) is 6.68. The van der Waals surface area contributed by atoms with Crippen LogP contribution in [-0.2, 0) is 17.6 Å². The number of thiophene rings is 1. The van der Waals surface area contributed by atoms with E-state index in [1.165, 1.54) is 15.6 Å². The summed E-state index contributed by atoms with van der Waals surface area (Å²) < 4.78 is 1.25. The molecule has 2 nitrogen and oxygen atoms in total. The van der Waals surface area contributed by atoms with Crippen LogP contribution >= 0.6 is 11.3 Å². The fourth-order valence-electron chi connectivity index (χ4n) is 2.30. The molecule has 3 rings (SSSR count). The van der Waals surface area contributed by atoms with Crippen molar-refractivity contribution < 1.29 is 4.79 Å². The van der Waals surface area contributed by atoms with Crippen molar-refractivity contribution in [2.45, 2.75) is 19.3 Å². The molecule has 0 aliphatic carbocycles. The fourth-order valence-corrected chi connectivity index (χ4v) is 3.27. The summed E-state index contributed by atoms with van der Waals surface area (Å²) in [5.74, 6) is 0.297. The monoisotopic (exact) mass is 281 g/mol. The van der Waals surface area contributed by atoms with Gasteiger partial charge in [0.1, 0.15) is 5.78 Å². The molecular formula is C17H15NOS. The number of aryl methyl sites for hydroxylation is 1. The van der Waals surface area contributed by atoms with E-state index >= 15 is 0 Å². The van der Waals surface area contributed by atoms with Crippen LogP contribution in [0.2, 0.25) is 0 Å². The van der Waals surface area contributed by atoms with Crippen molar-refractivity contribution in [1.82, 2.24) is 4.98 Å². The number of aromatic nitrogens is 1. The molecule has 2 heterocycles. The third-order valence-corrected chi connectivity index (χ3v) is 4.40. The van der Waals surface area contributed by atoms with Crippen LogP contribution in [0.5, 0.6) is 0 Å². The second-order valence-corrected chi connectivity index (χ2v) is 5.74. The van der Waals surface area contributed by atoms with Gasteiger partial charge < -0.3 is 0 Å². The summed E-state index contributed by atoms with van der Waals surface area (Å²) in [5, 5.41) is 3.32. The van der Waals surface area contributed by atoms with Gasteiger partial charge in [-0.25, -0.2) is 0 Å². The lowest BCUT2D eigenvalue weighted by Crippen LogP contribution is -2.03. The number of nitrogens with zero attached hydrogens (tertiary/aromatic N) is 1. The zero-order valence-corrected chi connectivity index (χ0v) is 11.9. The van der Waals surface area contributed by atoms with Crippen LogP contribution in [-0.4, -0.2) is 10.8 Å². The zero-order valence-electron chi connectivity index (χ0n) is 11.1. The van der Waals surface area contributed by atoms with Crippen LogP contribution in [0.1, 0.15) is 17.5 Å². The van der Waals surface area contributed by atoms with E-state index < -0.39 is 0 Å². The number of rotatable bonds is 5. The van der Waals surface area contributed by atoms with Gasteiger partial charge in [-0.1, -0.05) is 18.2 Å². The predicted molar refractivity (Wildman–Crippen MR) is 83.1 cm³/mol. The molecule has 0 amide bonds. The Morgan fingerprint density at radius 1 is 1.10 bits per heavy atom. The second-order valence-electron chi connectivity index (χ2n) is 4.83. The molecule has 0 saturated heterocycles. The van der Waals surface area contributed by atoms with Crippen molar-refractivity contribution in [1.29, 1.82) is 0 Å². The van der Waals surface area contributed by atoms with E-state index in [-0.39, 0.29) is 0 Å². The molecule has 0 bridgehead atoms. The number of carbonyl (C=O) groups is 1. The molecule has 0 N–H and O–H groups in total. The summed E-state index contributed by atoms with van der Waals surface area (Å²) in [4.78, 5) is 16.1. The summed E-state index contributed by atoms with van der Waals surface area (Å²) in [7, 11) is 0. The first-order valence-corrected chi connectivity index (χ1v) is 7.56. The van der Waals surface area contributed by atoms with Crippen molar-refractivity contribution >= 4 is 27.2 Å². The van der Waals surface area contributed by atoms with Gasteiger partial charge in [0.2, 0.25) is 0 Å². The number of Topliss-reactive ketones (excluding diaryl/α,β-unsaturated/α-hetero) is 1. The van der Waals surface area contributed by atoms with Crippen LogP contribution in [0.15, 0.2) is 54.2 Å². The van der Waals surface area contributed by atoms with Crippen LogP contribution in [0.25, 0.3) is 10.1 Å². The molecular weight excluding hydrogens is 266 g/mol. The van der Waals surface area contributed by atoms with Gasteiger partial charge in [-0.05, 0) is 46.5 Å². The molecule has 0 fully saturated rings. The summed E-state index contributed by atoms with van der Waals surface area (Å²) in [5.41, 5.74) is 2.33. The van der Waals surface area contributed by atoms with Crippen molar-refractivity contribution in [2.75, 3.05) is 0 Å². The van der Waals surface area contributed by atoms with Gasteiger partial charge in [-0.2, -0.15) is 0 Å². The third kappa shape index (κ3) is 2.94. The highest BCUT2D eigenvalue weighted by Crippen LogP contribution is 2.26. The van der Waals surface area contributed by atoms with Gasteiger partial charge >= 0.3 is 0 Å². The average Bonchev–Trinajstić information content (AvgIpc) is 2.90. The Morgan fingerprint density at radius 3 is 2.75 bits per heavy atom. The molecule has 0 atom stereocenters. The number of hydrogen-bond donors (Lipinski definition) is 0. The van der Waals surface area contributed by atoms with E-state index in [9.17, 15) is 4.79 Å². The van der Waals surface area contributed by atoms with E-state index in [4.69, 9.17) is 0 Å². The predicted octanol–water partition coefficient (Wildman–Crippen LogP) is 4.04. The Morgan fingerprint density at radius 2 is 1.90 bits per heavy atom. The Hall–Kier alpha value is -2.00. The Balaban J connectivity index is 1.64. The largest absolute Gasteiger partial charge is 0.299 e. The third-order valence-electron chi connectivity index (χ3n) is 3.39. The van der Waals surface area contributed by atoms with Crippen LogP contribution in [0.3, 0.4) is 0 Å². The smallest absolute Gasteiger partial charge is 0.137 e. The maximum atomic E-state index is 12.1. The molecule has 0 aliphatic rings. The summed E-state index contributed by atoms with van der Waals surface area (Å²) in [6.45, 7) is 0. The molecule has 0 unspecified atom stereocenters. The minimum absolute atomic E-state index is 0.297. The number of benzene rings is 1. The molecule has 3 aromatic rings. The van der Waals surface area contributed by atoms with Gasteiger partial charge in [0.15, 0.2) is 0 Å². The highest BCUT2D eigenvalue weighted by atomic mass is 32.1. The molecule has 2 aromatic heterocycles. The van der Waals surface area contributed by atoms with E-state index in [0.29, 0.717) is 18.6 Å². The molecule has 3 heteroatoms. The standard InChI is InChI=1S/C17H15NOS/c19-15(6-5-13-7-9-18-10-8-13)11-14-12-20-17-4-2-1-3-16(14)17/h1-4,7-10,12H,5-6,11H2. The normalized spacial score (nSPS) is 10.8. The lowest BCUT2D eigenvalue weighted by atomic mass is 10.0. The lowest BCUT2D eigenvalue weighted by Gasteiger charge is -2.01. The quantitative estimate of drug-likeness (QED) is 0.706. The van der Waals surface area contributed by atoms with Gasteiger partial charge in [0, 0.05) is 29.9 Å². The zero-order chi connectivity index (χ0) is 13.8. The number of ketones is 1. The SMILES string of the molecule is O=C(CCc1ccncc1)Cc1csc2ccccc12. The van der Waals surface area contributed by atoms with Crippen LogP contribution in [0, 0.1) is 0 Å². The Labute approximate surface area is 122 Å². The highest BCUT2D eigenvalue weighted by Gasteiger charge is 2.09. The molecule has 0 saturated carbocycles. The van der Waals surface area contributed by atoms with E-state index in [1.54, 1.807) is 23.7 Å². The molecule has 0 radical (unpaired) electrons. The average molecular weight is 281 g/mol. The second kappa shape index (κ2) is 5.97. The molecule has 0 aliphatic heterocycles. The van der Waals surface area contributed by atoms with E-state index in [2.05, 4.69) is 22.5 Å². The van der Waals surface area contributed by atoms with Gasteiger partial charge in [0.05, 0.1) is 0 Å². The van der Waals surface area contributed by atoms with Crippen molar-refractivity contribution in [3.63, 3.8) is 0 Å². The van der Waals surface area contributed by atoms with E-state index in [0.717, 1.165) is 12.0 Å². The topological polar surface area (TPSA) is 30.0 Å². The molecule has 0 spiro atoms. The maximum absolute atomic E-state index is 12.1. The van der Waals surface area contributed by atoms with Gasteiger partial charge in [-0.15, -0.1) is 11.3 Å². The number of carbonyl (C=O) groups excluding carboxylic acids is 1. The van der Waals surface area contributed by atoms with Crippen LogP contribution < -0.4 is 0 Å². The number of hydrogen-bond acceptors (Lipinski definition) is 3. The van der Waals surface area contributed by atoms with Gasteiger partial charge in [-0.3, -0.25) is 9.78 Å². The molecule has 20 heavy (non-hydrogen) atoms. The van der Waals surface area contributed by atoms with Crippen molar-refractivity contribution in [3.05, 3.63) is 65.3 Å². The number of pyridine rings is 1. The fraction of sp³-hybridized carbons (Fsp3) is 0.176. The Bertz CT molecular complexity index is 718. The highest BCUT2D eigenvalue weighted by molar-refractivity contribution is 7.17. The number of fused-ring (bicyclic) bond motifs is 1. The van der Waals surface area contributed by atoms with Crippen molar-refractivity contribution in [3.8, 4) is 0 Å². The summed E-state index contributed by atoms with van der Waals surface area (Å²) >= 11 is 1.71. The minimum Gasteiger partial charge on any atom is -0.299 e. The maximum Gasteiger partial charge on any atom is 0.137 e. The summed E-state index contributed by atoms with van der Waals surface area (Å²) in [6.07, 6.45) is 5.46. The van der Waals surface area contributed by atoms with Gasteiger partial charge in [0.25, 0.3) is 0 Å². The Kier molecular flexibility index (Phi) is 3.88. The molecule has 1 aromatic carbocycles. The van der Waals surface area contributed by atoms with E-state index in [1.807, 2.05) is 24.3 Å².